The van der Waals surface area contributed by atoms with Gasteiger partial charge >= 0.3 is 5.97 Å². The van der Waals surface area contributed by atoms with Crippen molar-refractivity contribution < 1.29 is 14.6 Å². The Bertz CT molecular complexity index is 179. The first-order chi connectivity index (χ1) is 6.16. The molecule has 1 unspecified atom stereocenters. The topological polar surface area (TPSA) is 46.5 Å². The van der Waals surface area contributed by atoms with E-state index >= 15 is 0 Å². The van der Waals surface area contributed by atoms with Gasteiger partial charge in [-0.3, -0.25) is 4.79 Å². The molecule has 76 valence electrons. The molecule has 3 heteroatoms. The zero-order chi connectivity index (χ0) is 9.73. The lowest BCUT2D eigenvalue weighted by atomic mass is 9.94. The van der Waals surface area contributed by atoms with E-state index in [9.17, 15) is 4.79 Å². The van der Waals surface area contributed by atoms with Gasteiger partial charge in [0.05, 0.1) is 0 Å². The van der Waals surface area contributed by atoms with Crippen LogP contribution in [0, 0.1) is 0 Å². The SMILES string of the molecule is CC1(CCCO)CCCCC(=O)O1. The molecule has 0 saturated carbocycles. The van der Waals surface area contributed by atoms with Gasteiger partial charge in [-0.15, -0.1) is 0 Å². The van der Waals surface area contributed by atoms with E-state index in [1.54, 1.807) is 0 Å². The molecule has 0 aromatic carbocycles. The van der Waals surface area contributed by atoms with Gasteiger partial charge in [-0.2, -0.15) is 0 Å². The largest absolute Gasteiger partial charge is 0.459 e. The summed E-state index contributed by atoms with van der Waals surface area (Å²) in [4.78, 5) is 11.2. The standard InChI is InChI=1S/C10H18O3/c1-10(7-4-8-11)6-3-2-5-9(12)13-10/h11H,2-8H2,1H3. The van der Waals surface area contributed by atoms with E-state index in [-0.39, 0.29) is 18.2 Å². The van der Waals surface area contributed by atoms with Crippen molar-refractivity contribution >= 4 is 5.97 Å². The van der Waals surface area contributed by atoms with Crippen LogP contribution in [-0.4, -0.2) is 23.3 Å². The zero-order valence-corrected chi connectivity index (χ0v) is 8.21. The molecule has 1 rings (SSSR count). The molecular formula is C10H18O3. The summed E-state index contributed by atoms with van der Waals surface area (Å²) < 4.78 is 5.35. The number of cyclic esters (lactones) is 1. The summed E-state index contributed by atoms with van der Waals surface area (Å²) in [5, 5.41) is 8.71. The number of hydrogen-bond acceptors (Lipinski definition) is 3. The Morgan fingerprint density at radius 2 is 2.31 bits per heavy atom. The molecule has 1 heterocycles. The summed E-state index contributed by atoms with van der Waals surface area (Å²) in [7, 11) is 0. The van der Waals surface area contributed by atoms with Gasteiger partial charge in [-0.1, -0.05) is 0 Å². The van der Waals surface area contributed by atoms with E-state index in [0.717, 1.165) is 25.7 Å². The quantitative estimate of drug-likeness (QED) is 0.681. The summed E-state index contributed by atoms with van der Waals surface area (Å²) in [6.45, 7) is 2.14. The highest BCUT2D eigenvalue weighted by molar-refractivity contribution is 5.70. The van der Waals surface area contributed by atoms with E-state index in [1.807, 2.05) is 6.92 Å². The Hall–Kier alpha value is -0.570. The smallest absolute Gasteiger partial charge is 0.306 e. The second kappa shape index (κ2) is 4.61. The first-order valence-corrected chi connectivity index (χ1v) is 4.99. The fourth-order valence-electron chi connectivity index (χ4n) is 1.77. The predicted octanol–water partition coefficient (Wildman–Crippen LogP) is 1.63. The van der Waals surface area contributed by atoms with Gasteiger partial charge in [0.25, 0.3) is 0 Å². The van der Waals surface area contributed by atoms with Crippen LogP contribution in [0.3, 0.4) is 0 Å². The van der Waals surface area contributed by atoms with Gasteiger partial charge in [-0.25, -0.2) is 0 Å². The van der Waals surface area contributed by atoms with Crippen molar-refractivity contribution in [2.24, 2.45) is 0 Å². The molecule has 1 aliphatic heterocycles. The minimum atomic E-state index is -0.323. The summed E-state index contributed by atoms with van der Waals surface area (Å²) in [6, 6.07) is 0. The zero-order valence-electron chi connectivity index (χ0n) is 8.21. The van der Waals surface area contributed by atoms with Crippen molar-refractivity contribution in [3.63, 3.8) is 0 Å². The molecule has 0 amide bonds. The van der Waals surface area contributed by atoms with Crippen LogP contribution in [0.2, 0.25) is 0 Å². The van der Waals surface area contributed by atoms with Crippen LogP contribution in [-0.2, 0) is 9.53 Å². The Balaban J connectivity index is 2.47. The maximum Gasteiger partial charge on any atom is 0.306 e. The highest BCUT2D eigenvalue weighted by Crippen LogP contribution is 2.28. The molecule has 0 radical (unpaired) electrons. The van der Waals surface area contributed by atoms with Crippen LogP contribution in [0.5, 0.6) is 0 Å². The monoisotopic (exact) mass is 186 g/mol. The van der Waals surface area contributed by atoms with Crippen LogP contribution < -0.4 is 0 Å². The number of rotatable bonds is 3. The first kappa shape index (κ1) is 10.5. The van der Waals surface area contributed by atoms with Gasteiger partial charge in [0.15, 0.2) is 0 Å². The van der Waals surface area contributed by atoms with Crippen LogP contribution in [0.1, 0.15) is 45.4 Å². The fourth-order valence-corrected chi connectivity index (χ4v) is 1.77. The van der Waals surface area contributed by atoms with Crippen LogP contribution >= 0.6 is 0 Å². The van der Waals surface area contributed by atoms with Crippen molar-refractivity contribution in [1.82, 2.24) is 0 Å². The molecule has 1 N–H and O–H groups in total. The van der Waals surface area contributed by atoms with Crippen molar-refractivity contribution in [3.05, 3.63) is 0 Å². The van der Waals surface area contributed by atoms with E-state index in [0.29, 0.717) is 12.8 Å². The second-order valence-electron chi connectivity index (χ2n) is 3.96. The number of aliphatic hydroxyl groups excluding tert-OH is 1. The number of aliphatic hydroxyl groups is 1. The van der Waals surface area contributed by atoms with E-state index in [4.69, 9.17) is 9.84 Å². The Labute approximate surface area is 79.1 Å². The minimum absolute atomic E-state index is 0.0852. The molecule has 1 saturated heterocycles. The number of carbonyl (C=O) groups excluding carboxylic acids is 1. The fraction of sp³-hybridized carbons (Fsp3) is 0.900. The van der Waals surface area contributed by atoms with Crippen molar-refractivity contribution in [2.45, 2.75) is 51.0 Å². The maximum atomic E-state index is 11.2. The van der Waals surface area contributed by atoms with Crippen molar-refractivity contribution in [3.8, 4) is 0 Å². The van der Waals surface area contributed by atoms with Crippen LogP contribution in [0.4, 0.5) is 0 Å². The van der Waals surface area contributed by atoms with Gasteiger partial charge in [-0.05, 0) is 39.0 Å². The molecular weight excluding hydrogens is 168 g/mol. The summed E-state index contributed by atoms with van der Waals surface area (Å²) in [5.41, 5.74) is -0.323. The lowest BCUT2D eigenvalue weighted by molar-refractivity contribution is -0.157. The minimum Gasteiger partial charge on any atom is -0.459 e. The number of hydrogen-bond donors (Lipinski definition) is 1. The van der Waals surface area contributed by atoms with Gasteiger partial charge in [0.1, 0.15) is 5.60 Å². The highest BCUT2D eigenvalue weighted by Gasteiger charge is 2.29. The third kappa shape index (κ3) is 3.35. The summed E-state index contributed by atoms with van der Waals surface area (Å²) >= 11 is 0. The third-order valence-corrected chi connectivity index (χ3v) is 2.56. The maximum absolute atomic E-state index is 11.2. The highest BCUT2D eigenvalue weighted by atomic mass is 16.6. The van der Waals surface area contributed by atoms with Crippen molar-refractivity contribution in [1.29, 1.82) is 0 Å². The van der Waals surface area contributed by atoms with Gasteiger partial charge in [0.2, 0.25) is 0 Å². The van der Waals surface area contributed by atoms with E-state index in [2.05, 4.69) is 0 Å². The number of ether oxygens (including phenoxy) is 1. The van der Waals surface area contributed by atoms with E-state index in [1.165, 1.54) is 0 Å². The second-order valence-corrected chi connectivity index (χ2v) is 3.96. The van der Waals surface area contributed by atoms with Gasteiger partial charge < -0.3 is 9.84 Å². The molecule has 0 aliphatic carbocycles. The van der Waals surface area contributed by atoms with Crippen LogP contribution in [0.25, 0.3) is 0 Å². The molecule has 0 spiro atoms. The molecule has 0 aromatic heterocycles. The number of carbonyl (C=O) groups is 1. The number of esters is 1. The Morgan fingerprint density at radius 1 is 1.54 bits per heavy atom. The van der Waals surface area contributed by atoms with E-state index < -0.39 is 0 Å². The molecule has 0 aromatic rings. The molecule has 3 nitrogen and oxygen atoms in total. The summed E-state index contributed by atoms with van der Waals surface area (Å²) in [5.74, 6) is -0.0852. The normalized spacial score (nSPS) is 29.5. The van der Waals surface area contributed by atoms with Gasteiger partial charge in [0, 0.05) is 13.0 Å². The summed E-state index contributed by atoms with van der Waals surface area (Å²) in [6.07, 6.45) is 4.95. The Kier molecular flexibility index (Phi) is 3.72. The molecule has 1 aliphatic rings. The average molecular weight is 186 g/mol. The predicted molar refractivity (Wildman–Crippen MR) is 49.3 cm³/mol. The van der Waals surface area contributed by atoms with Crippen molar-refractivity contribution in [2.75, 3.05) is 6.61 Å². The third-order valence-electron chi connectivity index (χ3n) is 2.56. The first-order valence-electron chi connectivity index (χ1n) is 4.99. The average Bonchev–Trinajstić information content (AvgIpc) is 2.24. The molecule has 0 bridgehead atoms. The molecule has 1 fully saturated rings. The Morgan fingerprint density at radius 3 is 3.00 bits per heavy atom. The van der Waals surface area contributed by atoms with Crippen LogP contribution in [0.15, 0.2) is 0 Å². The molecule has 13 heavy (non-hydrogen) atoms. The lowest BCUT2D eigenvalue weighted by Gasteiger charge is -2.27. The molecule has 1 atom stereocenters. The lowest BCUT2D eigenvalue weighted by Crippen LogP contribution is -2.30.